The second-order valence-corrected chi connectivity index (χ2v) is 3.54. The lowest BCUT2D eigenvalue weighted by Crippen LogP contribution is -2.34. The van der Waals surface area contributed by atoms with E-state index in [9.17, 15) is 9.59 Å². The van der Waals surface area contributed by atoms with Gasteiger partial charge in [-0.15, -0.1) is 0 Å². The number of carbonyl (C=O) groups excluding carboxylic acids is 2. The molecule has 0 saturated heterocycles. The van der Waals surface area contributed by atoms with Gasteiger partial charge in [0.15, 0.2) is 0 Å². The average molecular weight is 291 g/mol. The Hall–Kier alpha value is -0.940. The highest BCUT2D eigenvalue weighted by Gasteiger charge is 2.06. The first-order chi connectivity index (χ1) is 9.62. The maximum absolute atomic E-state index is 10.6. The van der Waals surface area contributed by atoms with Crippen molar-refractivity contribution >= 4 is 12.2 Å². The molecule has 0 bridgehead atoms. The van der Waals surface area contributed by atoms with Crippen molar-refractivity contribution < 1.29 is 9.59 Å². The molecule has 0 fully saturated rings. The van der Waals surface area contributed by atoms with Gasteiger partial charge in [0.2, 0.25) is 5.91 Å². The van der Waals surface area contributed by atoms with Gasteiger partial charge in [-0.25, -0.2) is 0 Å². The van der Waals surface area contributed by atoms with Crippen molar-refractivity contribution in [3.8, 4) is 0 Å². The summed E-state index contributed by atoms with van der Waals surface area (Å²) in [5.74, 6) is -0.147. The Morgan fingerprint density at radius 3 is 1.80 bits per heavy atom. The number of hydrogen-bond donors (Lipinski definition) is 3. The van der Waals surface area contributed by atoms with Crippen LogP contribution in [0.25, 0.3) is 0 Å². The highest BCUT2D eigenvalue weighted by atomic mass is 16.2. The predicted octanol–water partition coefficient (Wildman–Crippen LogP) is 1.97. The smallest absolute Gasteiger partial charge is 0.217 e. The molecule has 0 aliphatic heterocycles. The summed E-state index contributed by atoms with van der Waals surface area (Å²) in [6, 6.07) is -0.311. The third-order valence-corrected chi connectivity index (χ3v) is 1.74. The first kappa shape index (κ1) is 27.4. The summed E-state index contributed by atoms with van der Waals surface area (Å²) in [7, 11) is 5.64. The first-order valence-corrected chi connectivity index (χ1v) is 7.57. The minimum absolute atomic E-state index is 0.147. The lowest BCUT2D eigenvalue weighted by atomic mass is 10.1. The normalized spacial score (nSPS) is 9.40. The molecule has 5 heteroatoms. The lowest BCUT2D eigenvalue weighted by molar-refractivity contribution is -0.122. The number of amides is 1. The van der Waals surface area contributed by atoms with E-state index in [1.807, 2.05) is 48.8 Å². The topological polar surface area (TPSA) is 70.2 Å². The maximum Gasteiger partial charge on any atom is 0.217 e. The molecule has 124 valence electrons. The molecule has 3 N–H and O–H groups in total. The van der Waals surface area contributed by atoms with Crippen molar-refractivity contribution in [2.75, 3.05) is 27.7 Å². The maximum atomic E-state index is 10.6. The van der Waals surface area contributed by atoms with Crippen LogP contribution < -0.4 is 16.0 Å². The van der Waals surface area contributed by atoms with Gasteiger partial charge in [-0.1, -0.05) is 27.7 Å². The molecule has 0 spiro atoms. The standard InChI is InChI=1S/C9H18N2O2.C2H7N.2C2H6/c1-8(13)11-9(7-12)5-3-4-6-10-2;1-3-2;2*1-2/h7,9-10H,3-6H2,1-2H3,(H,11,13);3H,1-2H3;2*1-2H3. The van der Waals surface area contributed by atoms with Gasteiger partial charge in [-0.3, -0.25) is 4.79 Å². The molecule has 1 unspecified atom stereocenters. The van der Waals surface area contributed by atoms with Crippen molar-refractivity contribution in [3.05, 3.63) is 0 Å². The molecular weight excluding hydrogens is 254 g/mol. The summed E-state index contributed by atoms with van der Waals surface area (Å²) < 4.78 is 0. The molecule has 0 aromatic heterocycles. The average Bonchev–Trinajstić information content (AvgIpc) is 2.47. The number of nitrogens with one attached hydrogen (secondary N) is 3. The first-order valence-electron chi connectivity index (χ1n) is 7.57. The van der Waals surface area contributed by atoms with Crippen molar-refractivity contribution in [1.29, 1.82) is 0 Å². The second kappa shape index (κ2) is 30.8. The number of unbranched alkanes of at least 4 members (excludes halogenated alkanes) is 1. The van der Waals surface area contributed by atoms with E-state index in [4.69, 9.17) is 0 Å². The fraction of sp³-hybridized carbons (Fsp3) is 0.867. The van der Waals surface area contributed by atoms with Crippen LogP contribution in [-0.2, 0) is 9.59 Å². The quantitative estimate of drug-likeness (QED) is 0.495. The number of hydrogen-bond acceptors (Lipinski definition) is 4. The summed E-state index contributed by atoms with van der Waals surface area (Å²) >= 11 is 0. The second-order valence-electron chi connectivity index (χ2n) is 3.54. The molecule has 1 amide bonds. The van der Waals surface area contributed by atoms with E-state index in [0.717, 1.165) is 32.1 Å². The fourth-order valence-electron chi connectivity index (χ4n) is 1.10. The van der Waals surface area contributed by atoms with E-state index in [1.165, 1.54) is 6.92 Å². The van der Waals surface area contributed by atoms with E-state index in [-0.39, 0.29) is 11.9 Å². The minimum atomic E-state index is -0.311. The number of carbonyl (C=O) groups is 2. The van der Waals surface area contributed by atoms with Gasteiger partial charge in [0.05, 0.1) is 6.04 Å². The van der Waals surface area contributed by atoms with Crippen LogP contribution in [0.4, 0.5) is 0 Å². The molecule has 0 rings (SSSR count). The zero-order chi connectivity index (χ0) is 16.8. The van der Waals surface area contributed by atoms with E-state index < -0.39 is 0 Å². The van der Waals surface area contributed by atoms with Crippen molar-refractivity contribution in [2.24, 2.45) is 0 Å². The predicted molar refractivity (Wildman–Crippen MR) is 89.1 cm³/mol. The summed E-state index contributed by atoms with van der Waals surface area (Å²) in [6.45, 7) is 10.4. The largest absolute Gasteiger partial charge is 0.347 e. The van der Waals surface area contributed by atoms with E-state index in [0.29, 0.717) is 0 Å². The van der Waals surface area contributed by atoms with Gasteiger partial charge in [0, 0.05) is 6.92 Å². The van der Waals surface area contributed by atoms with Crippen LogP contribution in [0.15, 0.2) is 0 Å². The van der Waals surface area contributed by atoms with E-state index in [2.05, 4.69) is 16.0 Å². The molecule has 0 aromatic rings. The Balaban J connectivity index is -0.000000155. The third kappa shape index (κ3) is 36.0. The molecule has 20 heavy (non-hydrogen) atoms. The summed E-state index contributed by atoms with van der Waals surface area (Å²) in [6.07, 6.45) is 3.50. The Bertz CT molecular complexity index is 177. The van der Waals surface area contributed by atoms with Gasteiger partial charge in [-0.05, 0) is 47.0 Å². The highest BCUT2D eigenvalue weighted by Crippen LogP contribution is 1.98. The van der Waals surface area contributed by atoms with Gasteiger partial charge < -0.3 is 20.7 Å². The Morgan fingerprint density at radius 1 is 1.05 bits per heavy atom. The molecule has 0 aromatic carbocycles. The summed E-state index contributed by atoms with van der Waals surface area (Å²) in [4.78, 5) is 21.1. The SMILES string of the molecule is CC.CC.CNC.CNCCCCC(C=O)NC(C)=O. The van der Waals surface area contributed by atoms with Gasteiger partial charge in [0.25, 0.3) is 0 Å². The Labute approximate surface area is 126 Å². The van der Waals surface area contributed by atoms with E-state index in [1.54, 1.807) is 0 Å². The van der Waals surface area contributed by atoms with E-state index >= 15 is 0 Å². The molecule has 0 saturated carbocycles. The highest BCUT2D eigenvalue weighted by molar-refractivity contribution is 5.77. The van der Waals surface area contributed by atoms with Gasteiger partial charge in [-0.2, -0.15) is 0 Å². The Kier molecular flexibility index (Phi) is 42.2. The van der Waals surface area contributed by atoms with Crippen LogP contribution in [0.2, 0.25) is 0 Å². The zero-order valence-electron chi connectivity index (χ0n) is 14.8. The molecule has 0 aliphatic carbocycles. The zero-order valence-corrected chi connectivity index (χ0v) is 14.8. The number of rotatable bonds is 7. The minimum Gasteiger partial charge on any atom is -0.347 e. The van der Waals surface area contributed by atoms with Crippen LogP contribution >= 0.6 is 0 Å². The van der Waals surface area contributed by atoms with Crippen LogP contribution in [0.3, 0.4) is 0 Å². The summed E-state index contributed by atoms with van der Waals surface area (Å²) in [5, 5.41) is 8.35. The van der Waals surface area contributed by atoms with Crippen LogP contribution in [0.5, 0.6) is 0 Å². The lowest BCUT2D eigenvalue weighted by Gasteiger charge is -2.10. The number of aldehydes is 1. The van der Waals surface area contributed by atoms with Crippen LogP contribution in [-0.4, -0.2) is 45.9 Å². The molecular formula is C15H37N3O2. The Morgan fingerprint density at radius 2 is 1.50 bits per heavy atom. The summed E-state index contributed by atoms with van der Waals surface area (Å²) in [5.41, 5.74) is 0. The van der Waals surface area contributed by atoms with Crippen molar-refractivity contribution in [1.82, 2.24) is 16.0 Å². The molecule has 5 nitrogen and oxygen atoms in total. The van der Waals surface area contributed by atoms with Crippen LogP contribution in [0.1, 0.15) is 53.9 Å². The fourth-order valence-corrected chi connectivity index (χ4v) is 1.10. The molecule has 0 heterocycles. The molecule has 1 atom stereocenters. The van der Waals surface area contributed by atoms with Crippen LogP contribution in [0, 0.1) is 0 Å². The third-order valence-electron chi connectivity index (χ3n) is 1.74. The molecule has 0 aliphatic rings. The van der Waals surface area contributed by atoms with Crippen molar-refractivity contribution in [2.45, 2.75) is 59.9 Å². The molecule has 0 radical (unpaired) electrons. The van der Waals surface area contributed by atoms with Gasteiger partial charge in [0.1, 0.15) is 6.29 Å². The van der Waals surface area contributed by atoms with Crippen molar-refractivity contribution in [3.63, 3.8) is 0 Å². The van der Waals surface area contributed by atoms with Gasteiger partial charge >= 0.3 is 0 Å². The monoisotopic (exact) mass is 291 g/mol.